The maximum absolute atomic E-state index is 5.99. The highest BCUT2D eigenvalue weighted by Crippen LogP contribution is 2.25. The van der Waals surface area contributed by atoms with Gasteiger partial charge < -0.3 is 18.9 Å². The molecule has 2 fully saturated rings. The van der Waals surface area contributed by atoms with Crippen molar-refractivity contribution in [2.45, 2.75) is 44.3 Å². The predicted molar refractivity (Wildman–Crippen MR) is 105 cm³/mol. The SMILES string of the molecule is c1ccc(OCCCCCOc2ccccc2CC2CO2)c(CC2CO2)c1. The van der Waals surface area contributed by atoms with Crippen LogP contribution in [0, 0.1) is 0 Å². The van der Waals surface area contributed by atoms with Gasteiger partial charge in [-0.25, -0.2) is 0 Å². The van der Waals surface area contributed by atoms with Crippen molar-refractivity contribution < 1.29 is 18.9 Å². The van der Waals surface area contributed by atoms with Gasteiger partial charge in [-0.05, 0) is 42.5 Å². The molecule has 2 aromatic carbocycles. The highest BCUT2D eigenvalue weighted by atomic mass is 16.6. The van der Waals surface area contributed by atoms with Gasteiger partial charge in [0.05, 0.1) is 38.6 Å². The number of unbranched alkanes of at least 4 members (excludes halogenated alkanes) is 2. The van der Waals surface area contributed by atoms with Crippen molar-refractivity contribution in [3.05, 3.63) is 59.7 Å². The first kappa shape index (κ1) is 18.3. The molecule has 0 bridgehead atoms. The molecule has 2 aromatic rings. The minimum absolute atomic E-state index is 0.390. The highest BCUT2D eigenvalue weighted by Gasteiger charge is 2.24. The molecule has 2 saturated heterocycles. The number of hydrogen-bond acceptors (Lipinski definition) is 4. The molecular weight excluding hydrogens is 340 g/mol. The van der Waals surface area contributed by atoms with Crippen molar-refractivity contribution in [3.63, 3.8) is 0 Å². The summed E-state index contributed by atoms with van der Waals surface area (Å²) >= 11 is 0. The van der Waals surface area contributed by atoms with Gasteiger partial charge in [0.1, 0.15) is 11.5 Å². The molecule has 4 rings (SSSR count). The molecule has 0 saturated carbocycles. The van der Waals surface area contributed by atoms with Crippen molar-refractivity contribution in [2.75, 3.05) is 26.4 Å². The van der Waals surface area contributed by atoms with Gasteiger partial charge in [0.15, 0.2) is 0 Å². The molecule has 4 nitrogen and oxygen atoms in total. The molecule has 0 amide bonds. The van der Waals surface area contributed by atoms with Gasteiger partial charge in [-0.15, -0.1) is 0 Å². The molecule has 2 heterocycles. The van der Waals surface area contributed by atoms with E-state index in [0.717, 1.165) is 70.0 Å². The van der Waals surface area contributed by atoms with Crippen molar-refractivity contribution in [3.8, 4) is 11.5 Å². The van der Waals surface area contributed by atoms with Crippen LogP contribution in [0.2, 0.25) is 0 Å². The van der Waals surface area contributed by atoms with Crippen LogP contribution in [0.15, 0.2) is 48.5 Å². The van der Waals surface area contributed by atoms with E-state index in [9.17, 15) is 0 Å². The van der Waals surface area contributed by atoms with E-state index in [1.54, 1.807) is 0 Å². The zero-order valence-corrected chi connectivity index (χ0v) is 15.8. The molecule has 0 aliphatic carbocycles. The van der Waals surface area contributed by atoms with Gasteiger partial charge in [-0.3, -0.25) is 0 Å². The van der Waals surface area contributed by atoms with E-state index in [1.165, 1.54) is 11.1 Å². The molecule has 144 valence electrons. The Morgan fingerprint density at radius 3 is 1.56 bits per heavy atom. The highest BCUT2D eigenvalue weighted by molar-refractivity contribution is 5.35. The molecular formula is C23H28O4. The lowest BCUT2D eigenvalue weighted by molar-refractivity contribution is 0.275. The quantitative estimate of drug-likeness (QED) is 0.416. The average molecular weight is 368 g/mol. The number of epoxide rings is 2. The third kappa shape index (κ3) is 5.98. The lowest BCUT2D eigenvalue weighted by atomic mass is 10.1. The van der Waals surface area contributed by atoms with E-state index in [4.69, 9.17) is 18.9 Å². The van der Waals surface area contributed by atoms with Crippen LogP contribution in [-0.2, 0) is 22.3 Å². The third-order valence-electron chi connectivity index (χ3n) is 4.95. The van der Waals surface area contributed by atoms with Crippen molar-refractivity contribution in [2.24, 2.45) is 0 Å². The Morgan fingerprint density at radius 1 is 0.667 bits per heavy atom. The molecule has 2 aliphatic rings. The maximum Gasteiger partial charge on any atom is 0.122 e. The van der Waals surface area contributed by atoms with Gasteiger partial charge in [0.25, 0.3) is 0 Å². The second-order valence-corrected chi connectivity index (χ2v) is 7.29. The second kappa shape index (κ2) is 9.25. The van der Waals surface area contributed by atoms with Gasteiger partial charge in [-0.1, -0.05) is 36.4 Å². The standard InChI is InChI=1S/C23H28O4/c1(6-12-24-22-10-4-2-8-18(22)14-20-16-26-20)7-13-25-23-11-5-3-9-19(23)15-21-17-27-21/h2-5,8-11,20-21H,1,6-7,12-17H2. The zero-order chi connectivity index (χ0) is 18.3. The summed E-state index contributed by atoms with van der Waals surface area (Å²) in [6.07, 6.45) is 5.86. The van der Waals surface area contributed by atoms with Gasteiger partial charge >= 0.3 is 0 Å². The molecule has 4 heteroatoms. The van der Waals surface area contributed by atoms with Crippen LogP contribution in [0.3, 0.4) is 0 Å². The lowest BCUT2D eigenvalue weighted by Gasteiger charge is -2.12. The Kier molecular flexibility index (Phi) is 6.28. The number of hydrogen-bond donors (Lipinski definition) is 0. The molecule has 2 unspecified atom stereocenters. The van der Waals surface area contributed by atoms with Crippen LogP contribution >= 0.6 is 0 Å². The van der Waals surface area contributed by atoms with Crippen molar-refractivity contribution in [1.29, 1.82) is 0 Å². The minimum Gasteiger partial charge on any atom is -0.493 e. The molecule has 0 N–H and O–H groups in total. The molecule has 0 aromatic heterocycles. The second-order valence-electron chi connectivity index (χ2n) is 7.29. The Morgan fingerprint density at radius 2 is 1.11 bits per heavy atom. The van der Waals surface area contributed by atoms with E-state index in [-0.39, 0.29) is 0 Å². The van der Waals surface area contributed by atoms with Gasteiger partial charge in [-0.2, -0.15) is 0 Å². The summed E-state index contributed by atoms with van der Waals surface area (Å²) in [4.78, 5) is 0. The Bertz CT molecular complexity index is 660. The average Bonchev–Trinajstić information content (AvgIpc) is 3.60. The topological polar surface area (TPSA) is 43.5 Å². The van der Waals surface area contributed by atoms with Crippen LogP contribution in [0.1, 0.15) is 30.4 Å². The first-order valence-electron chi connectivity index (χ1n) is 10.0. The molecule has 2 aliphatic heterocycles. The van der Waals surface area contributed by atoms with Crippen LogP contribution < -0.4 is 9.47 Å². The fraction of sp³-hybridized carbons (Fsp3) is 0.478. The number of benzene rings is 2. The molecule has 0 spiro atoms. The first-order valence-corrected chi connectivity index (χ1v) is 10.0. The predicted octanol–water partition coefficient (Wildman–Crippen LogP) is 4.20. The summed E-state index contributed by atoms with van der Waals surface area (Å²) in [7, 11) is 0. The summed E-state index contributed by atoms with van der Waals surface area (Å²) in [5.74, 6) is 2.00. The van der Waals surface area contributed by atoms with E-state index < -0.39 is 0 Å². The first-order chi connectivity index (χ1) is 13.4. The van der Waals surface area contributed by atoms with E-state index >= 15 is 0 Å². The van der Waals surface area contributed by atoms with Crippen LogP contribution in [0.5, 0.6) is 11.5 Å². The molecule has 27 heavy (non-hydrogen) atoms. The summed E-state index contributed by atoms with van der Waals surface area (Å²) in [5.41, 5.74) is 2.50. The summed E-state index contributed by atoms with van der Waals surface area (Å²) in [5, 5.41) is 0. The largest absolute Gasteiger partial charge is 0.493 e. The third-order valence-corrected chi connectivity index (χ3v) is 4.95. The van der Waals surface area contributed by atoms with E-state index in [1.807, 2.05) is 12.1 Å². The van der Waals surface area contributed by atoms with Crippen molar-refractivity contribution >= 4 is 0 Å². The molecule has 0 radical (unpaired) electrons. The maximum atomic E-state index is 5.99. The number of ether oxygens (including phenoxy) is 4. The molecule has 2 atom stereocenters. The monoisotopic (exact) mass is 368 g/mol. The summed E-state index contributed by atoms with van der Waals surface area (Å²) < 4.78 is 22.6. The Hall–Kier alpha value is -2.04. The summed E-state index contributed by atoms with van der Waals surface area (Å²) in [6.45, 7) is 3.26. The van der Waals surface area contributed by atoms with Crippen molar-refractivity contribution in [1.82, 2.24) is 0 Å². The van der Waals surface area contributed by atoms with Crippen LogP contribution in [0.4, 0.5) is 0 Å². The van der Waals surface area contributed by atoms with Crippen LogP contribution in [-0.4, -0.2) is 38.6 Å². The van der Waals surface area contributed by atoms with Gasteiger partial charge in [0.2, 0.25) is 0 Å². The van der Waals surface area contributed by atoms with E-state index in [2.05, 4.69) is 36.4 Å². The van der Waals surface area contributed by atoms with E-state index in [0.29, 0.717) is 12.2 Å². The minimum atomic E-state index is 0.390. The Labute approximate surface area is 161 Å². The van der Waals surface area contributed by atoms with Crippen LogP contribution in [0.25, 0.3) is 0 Å². The zero-order valence-electron chi connectivity index (χ0n) is 15.8. The fourth-order valence-electron chi connectivity index (χ4n) is 3.23. The fourth-order valence-corrected chi connectivity index (χ4v) is 3.23. The smallest absolute Gasteiger partial charge is 0.122 e. The summed E-state index contributed by atoms with van der Waals surface area (Å²) in [6, 6.07) is 16.6. The Balaban J connectivity index is 1.12. The number of para-hydroxylation sites is 2. The normalized spacial score (nSPS) is 20.3. The van der Waals surface area contributed by atoms with Gasteiger partial charge in [0, 0.05) is 12.8 Å². The number of rotatable bonds is 12. The lowest BCUT2D eigenvalue weighted by Crippen LogP contribution is -2.04.